The second-order valence-corrected chi connectivity index (χ2v) is 7.19. The zero-order valence-corrected chi connectivity index (χ0v) is 16.7. The molecule has 29 heavy (non-hydrogen) atoms. The lowest BCUT2D eigenvalue weighted by molar-refractivity contribution is -0.387. The number of benzene rings is 3. The van der Waals surface area contributed by atoms with Crippen molar-refractivity contribution in [2.24, 2.45) is 0 Å². The fourth-order valence-corrected chi connectivity index (χ4v) is 3.39. The molecule has 0 atom stereocenters. The van der Waals surface area contributed by atoms with E-state index in [1.807, 2.05) is 19.1 Å². The summed E-state index contributed by atoms with van der Waals surface area (Å²) in [6.07, 6.45) is 1.73. The van der Waals surface area contributed by atoms with E-state index < -0.39 is 16.6 Å². The van der Waals surface area contributed by atoms with Gasteiger partial charge in [-0.2, -0.15) is 0 Å². The van der Waals surface area contributed by atoms with Crippen LogP contribution >= 0.6 is 11.8 Å². The predicted molar refractivity (Wildman–Crippen MR) is 114 cm³/mol. The van der Waals surface area contributed by atoms with E-state index in [4.69, 9.17) is 0 Å². The molecular weight excluding hydrogens is 388 g/mol. The normalized spacial score (nSPS) is 10.4. The van der Waals surface area contributed by atoms with E-state index in [0.29, 0.717) is 10.6 Å². The second kappa shape index (κ2) is 8.70. The van der Waals surface area contributed by atoms with Crippen LogP contribution < -0.4 is 5.32 Å². The maximum absolute atomic E-state index is 13.0. The highest BCUT2D eigenvalue weighted by Crippen LogP contribution is 2.29. The van der Waals surface area contributed by atoms with Crippen LogP contribution in [-0.4, -0.2) is 22.9 Å². The third-order valence-electron chi connectivity index (χ3n) is 4.36. The summed E-state index contributed by atoms with van der Waals surface area (Å²) in [5.41, 5.74) is 2.09. The van der Waals surface area contributed by atoms with Gasteiger partial charge in [0, 0.05) is 22.9 Å². The fourth-order valence-electron chi connectivity index (χ4n) is 2.84. The number of amides is 1. The molecule has 0 saturated carbocycles. The minimum Gasteiger partial charge on any atom is -0.322 e. The number of nitro benzene ring substituents is 1. The number of nitrogens with zero attached hydrogens (tertiary/aromatic N) is 1. The zero-order chi connectivity index (χ0) is 21.0. The van der Waals surface area contributed by atoms with Gasteiger partial charge < -0.3 is 5.32 Å². The molecule has 0 saturated heterocycles. The van der Waals surface area contributed by atoms with Gasteiger partial charge in [-0.3, -0.25) is 19.7 Å². The Kier molecular flexibility index (Phi) is 6.09. The molecular formula is C22H18N2O4S. The lowest BCUT2D eigenvalue weighted by Gasteiger charge is -2.10. The number of nitro groups is 1. The predicted octanol–water partition coefficient (Wildman–Crippen LogP) is 5.11. The standard InChI is InChI=1S/C22H18N2O4S/c1-14-7-10-16(11-8-14)23-22(26)18-6-4-3-5-17(18)21(25)15-9-12-20(29-2)19(13-15)24(27)28/h3-13H,1-2H3,(H,23,26). The third kappa shape index (κ3) is 4.52. The van der Waals surface area contributed by atoms with E-state index >= 15 is 0 Å². The molecule has 146 valence electrons. The third-order valence-corrected chi connectivity index (χ3v) is 5.15. The van der Waals surface area contributed by atoms with Crippen molar-refractivity contribution >= 4 is 34.8 Å². The Labute approximate surface area is 172 Å². The number of carbonyl (C=O) groups excluding carboxylic acids is 2. The molecule has 1 amide bonds. The zero-order valence-electron chi connectivity index (χ0n) is 15.8. The van der Waals surface area contributed by atoms with Gasteiger partial charge in [0.2, 0.25) is 0 Å². The first-order valence-corrected chi connectivity index (χ1v) is 9.97. The lowest BCUT2D eigenvalue weighted by Crippen LogP contribution is -2.17. The van der Waals surface area contributed by atoms with E-state index in [1.165, 1.54) is 23.9 Å². The van der Waals surface area contributed by atoms with Crippen LogP contribution in [-0.2, 0) is 0 Å². The van der Waals surface area contributed by atoms with Gasteiger partial charge in [-0.25, -0.2) is 0 Å². The lowest BCUT2D eigenvalue weighted by atomic mass is 9.97. The molecule has 0 unspecified atom stereocenters. The molecule has 0 heterocycles. The molecule has 1 N–H and O–H groups in total. The van der Waals surface area contributed by atoms with Crippen LogP contribution in [0.4, 0.5) is 11.4 Å². The van der Waals surface area contributed by atoms with Gasteiger partial charge in [-0.15, -0.1) is 11.8 Å². The smallest absolute Gasteiger partial charge is 0.283 e. The Morgan fingerprint density at radius 2 is 1.62 bits per heavy atom. The van der Waals surface area contributed by atoms with E-state index in [0.717, 1.165) is 5.56 Å². The van der Waals surface area contributed by atoms with Crippen molar-refractivity contribution in [3.05, 3.63) is 99.1 Å². The topological polar surface area (TPSA) is 89.3 Å². The average molecular weight is 406 g/mol. The van der Waals surface area contributed by atoms with Gasteiger partial charge in [-0.1, -0.05) is 35.9 Å². The molecule has 0 aliphatic rings. The summed E-state index contributed by atoms with van der Waals surface area (Å²) in [5.74, 6) is -0.872. The molecule has 0 spiro atoms. The molecule has 3 rings (SSSR count). The molecule has 0 aliphatic heterocycles. The number of hydrogen-bond acceptors (Lipinski definition) is 5. The van der Waals surface area contributed by atoms with Crippen LogP contribution in [0, 0.1) is 17.0 Å². The number of anilines is 1. The summed E-state index contributed by atoms with van der Waals surface area (Å²) in [7, 11) is 0. The fraction of sp³-hybridized carbons (Fsp3) is 0.0909. The quantitative estimate of drug-likeness (QED) is 0.266. The Balaban J connectivity index is 1.95. The van der Waals surface area contributed by atoms with Crippen LogP contribution in [0.2, 0.25) is 0 Å². The molecule has 0 fully saturated rings. The minimum absolute atomic E-state index is 0.134. The minimum atomic E-state index is -0.515. The van der Waals surface area contributed by atoms with E-state index in [-0.39, 0.29) is 22.4 Å². The first-order chi connectivity index (χ1) is 13.9. The summed E-state index contributed by atoms with van der Waals surface area (Å²) < 4.78 is 0. The van der Waals surface area contributed by atoms with Crippen molar-refractivity contribution in [3.8, 4) is 0 Å². The molecule has 0 bridgehead atoms. The maximum atomic E-state index is 13.0. The Morgan fingerprint density at radius 3 is 2.24 bits per heavy atom. The van der Waals surface area contributed by atoms with Crippen molar-refractivity contribution in [1.29, 1.82) is 0 Å². The second-order valence-electron chi connectivity index (χ2n) is 6.34. The molecule has 7 heteroatoms. The van der Waals surface area contributed by atoms with Crippen molar-refractivity contribution in [2.45, 2.75) is 11.8 Å². The first kappa shape index (κ1) is 20.3. The van der Waals surface area contributed by atoms with E-state index in [2.05, 4.69) is 5.32 Å². The summed E-state index contributed by atoms with van der Waals surface area (Å²) in [6, 6.07) is 18.1. The van der Waals surface area contributed by atoms with Crippen LogP contribution in [0.25, 0.3) is 0 Å². The van der Waals surface area contributed by atoms with E-state index in [1.54, 1.807) is 48.7 Å². The van der Waals surface area contributed by atoms with Gasteiger partial charge in [0.25, 0.3) is 11.6 Å². The number of nitrogens with one attached hydrogen (secondary N) is 1. The Bertz CT molecular complexity index is 1090. The Hall–Kier alpha value is -3.45. The molecule has 0 aliphatic carbocycles. The number of thioether (sulfide) groups is 1. The van der Waals surface area contributed by atoms with Crippen LogP contribution in [0.15, 0.2) is 71.6 Å². The number of ketones is 1. The van der Waals surface area contributed by atoms with Crippen molar-refractivity contribution in [2.75, 3.05) is 11.6 Å². The summed E-state index contributed by atoms with van der Waals surface area (Å²) in [4.78, 5) is 37.1. The van der Waals surface area contributed by atoms with Gasteiger partial charge in [0.15, 0.2) is 5.78 Å². The summed E-state index contributed by atoms with van der Waals surface area (Å²) >= 11 is 1.23. The largest absolute Gasteiger partial charge is 0.322 e. The van der Waals surface area contributed by atoms with Crippen molar-refractivity contribution in [3.63, 3.8) is 0 Å². The molecule has 3 aromatic carbocycles. The number of hydrogen-bond donors (Lipinski definition) is 1. The highest BCUT2D eigenvalue weighted by molar-refractivity contribution is 7.98. The monoisotopic (exact) mass is 406 g/mol. The molecule has 0 radical (unpaired) electrons. The van der Waals surface area contributed by atoms with Crippen LogP contribution in [0.3, 0.4) is 0 Å². The molecule has 0 aromatic heterocycles. The molecule has 6 nitrogen and oxygen atoms in total. The highest BCUT2D eigenvalue weighted by atomic mass is 32.2. The number of carbonyl (C=O) groups is 2. The van der Waals surface area contributed by atoms with E-state index in [9.17, 15) is 19.7 Å². The SMILES string of the molecule is CSc1ccc(C(=O)c2ccccc2C(=O)Nc2ccc(C)cc2)cc1[N+](=O)[O-]. The van der Waals surface area contributed by atoms with Gasteiger partial charge in [0.1, 0.15) is 0 Å². The van der Waals surface area contributed by atoms with Gasteiger partial charge in [-0.05, 0) is 43.5 Å². The summed E-state index contributed by atoms with van der Waals surface area (Å²) in [6.45, 7) is 1.95. The van der Waals surface area contributed by atoms with Crippen LogP contribution in [0.5, 0.6) is 0 Å². The van der Waals surface area contributed by atoms with Crippen molar-refractivity contribution in [1.82, 2.24) is 0 Å². The first-order valence-electron chi connectivity index (χ1n) is 8.75. The Morgan fingerprint density at radius 1 is 0.966 bits per heavy atom. The van der Waals surface area contributed by atoms with Crippen LogP contribution in [0.1, 0.15) is 31.8 Å². The maximum Gasteiger partial charge on any atom is 0.283 e. The highest BCUT2D eigenvalue weighted by Gasteiger charge is 2.21. The molecule has 3 aromatic rings. The number of aryl methyl sites for hydroxylation is 1. The van der Waals surface area contributed by atoms with Gasteiger partial charge >= 0.3 is 0 Å². The summed E-state index contributed by atoms with van der Waals surface area (Å²) in [5, 5.41) is 14.1. The number of rotatable bonds is 6. The van der Waals surface area contributed by atoms with Crippen molar-refractivity contribution < 1.29 is 14.5 Å². The average Bonchev–Trinajstić information content (AvgIpc) is 2.74. The van der Waals surface area contributed by atoms with Gasteiger partial charge in [0.05, 0.1) is 15.4 Å².